The molecular weight excluding hydrogens is 220 g/mol. The fourth-order valence-electron chi connectivity index (χ4n) is 3.05. The number of likely N-dealkylation sites (tertiary alicyclic amines) is 1. The lowest BCUT2D eigenvalue weighted by Crippen LogP contribution is -2.48. The molecule has 0 spiro atoms. The Morgan fingerprint density at radius 3 is 2.72 bits per heavy atom. The van der Waals surface area contributed by atoms with Gasteiger partial charge in [-0.1, -0.05) is 25.1 Å². The summed E-state index contributed by atoms with van der Waals surface area (Å²) < 4.78 is 0. The monoisotopic (exact) mass is 246 g/mol. The highest BCUT2D eigenvalue weighted by atomic mass is 15.2. The molecular formula is C16H26N2. The van der Waals surface area contributed by atoms with Crippen molar-refractivity contribution >= 4 is 0 Å². The van der Waals surface area contributed by atoms with Crippen LogP contribution >= 0.6 is 0 Å². The Hall–Kier alpha value is -0.860. The Balaban J connectivity index is 2.09. The van der Waals surface area contributed by atoms with Crippen LogP contribution in [0, 0.1) is 19.8 Å². The van der Waals surface area contributed by atoms with Gasteiger partial charge in [0.2, 0.25) is 0 Å². The quantitative estimate of drug-likeness (QED) is 0.888. The molecule has 1 aromatic rings. The molecule has 0 amide bonds. The maximum absolute atomic E-state index is 5.95. The standard InChI is InChI=1S/C16H26N2/c1-12-6-7-15(9-14(12)3)11-18-8-4-5-13(2)16(18)10-17/h6-7,9,13,16H,4-5,8,10-11,17H2,1-3H3. The van der Waals surface area contributed by atoms with E-state index in [1.807, 2.05) is 0 Å². The van der Waals surface area contributed by atoms with Gasteiger partial charge in [0.25, 0.3) is 0 Å². The van der Waals surface area contributed by atoms with Crippen molar-refractivity contribution in [3.63, 3.8) is 0 Å². The molecule has 2 heteroatoms. The minimum Gasteiger partial charge on any atom is -0.329 e. The third kappa shape index (κ3) is 2.93. The molecule has 0 aromatic heterocycles. The Morgan fingerprint density at radius 2 is 2.06 bits per heavy atom. The number of aryl methyl sites for hydroxylation is 2. The van der Waals surface area contributed by atoms with Crippen molar-refractivity contribution < 1.29 is 0 Å². The summed E-state index contributed by atoms with van der Waals surface area (Å²) in [7, 11) is 0. The number of piperidine rings is 1. The first-order valence-electron chi connectivity index (χ1n) is 7.12. The summed E-state index contributed by atoms with van der Waals surface area (Å²) in [4.78, 5) is 2.57. The molecule has 2 nitrogen and oxygen atoms in total. The highest BCUT2D eigenvalue weighted by Gasteiger charge is 2.27. The van der Waals surface area contributed by atoms with Gasteiger partial charge in [0.15, 0.2) is 0 Å². The molecule has 0 bridgehead atoms. The predicted molar refractivity (Wildman–Crippen MR) is 77.6 cm³/mol. The highest BCUT2D eigenvalue weighted by molar-refractivity contribution is 5.29. The molecule has 1 heterocycles. The van der Waals surface area contributed by atoms with E-state index in [2.05, 4.69) is 43.9 Å². The number of hydrogen-bond donors (Lipinski definition) is 1. The molecule has 1 saturated heterocycles. The lowest BCUT2D eigenvalue weighted by molar-refractivity contribution is 0.0991. The van der Waals surface area contributed by atoms with Crippen molar-refractivity contribution in [2.24, 2.45) is 11.7 Å². The first-order chi connectivity index (χ1) is 8.61. The molecule has 100 valence electrons. The fourth-order valence-corrected chi connectivity index (χ4v) is 3.05. The summed E-state index contributed by atoms with van der Waals surface area (Å²) in [5.74, 6) is 0.732. The van der Waals surface area contributed by atoms with Crippen LogP contribution in [-0.2, 0) is 6.54 Å². The van der Waals surface area contributed by atoms with Gasteiger partial charge in [-0.15, -0.1) is 0 Å². The molecule has 1 aromatic carbocycles. The largest absolute Gasteiger partial charge is 0.329 e. The van der Waals surface area contributed by atoms with Gasteiger partial charge in [-0.3, -0.25) is 4.90 Å². The van der Waals surface area contributed by atoms with Crippen LogP contribution in [0.3, 0.4) is 0 Å². The van der Waals surface area contributed by atoms with E-state index in [0.717, 1.165) is 19.0 Å². The van der Waals surface area contributed by atoms with Crippen LogP contribution in [0.2, 0.25) is 0 Å². The highest BCUT2D eigenvalue weighted by Crippen LogP contribution is 2.24. The number of benzene rings is 1. The zero-order chi connectivity index (χ0) is 13.1. The maximum Gasteiger partial charge on any atom is 0.0247 e. The van der Waals surface area contributed by atoms with Gasteiger partial charge in [-0.2, -0.15) is 0 Å². The van der Waals surface area contributed by atoms with Gasteiger partial charge in [0, 0.05) is 19.1 Å². The zero-order valence-electron chi connectivity index (χ0n) is 11.9. The second kappa shape index (κ2) is 5.85. The Labute approximate surface area is 111 Å². The molecule has 1 aliphatic heterocycles. The molecule has 0 radical (unpaired) electrons. The fraction of sp³-hybridized carbons (Fsp3) is 0.625. The second-order valence-corrected chi connectivity index (χ2v) is 5.81. The normalized spacial score (nSPS) is 25.3. The van der Waals surface area contributed by atoms with Crippen LogP contribution in [0.25, 0.3) is 0 Å². The minimum absolute atomic E-state index is 0.556. The summed E-state index contributed by atoms with van der Waals surface area (Å²) in [5.41, 5.74) is 10.1. The number of rotatable bonds is 3. The number of nitrogens with zero attached hydrogens (tertiary/aromatic N) is 1. The van der Waals surface area contributed by atoms with Crippen molar-refractivity contribution in [2.75, 3.05) is 13.1 Å². The Bertz CT molecular complexity index is 400. The van der Waals surface area contributed by atoms with Crippen LogP contribution in [0.4, 0.5) is 0 Å². The molecule has 2 unspecified atom stereocenters. The van der Waals surface area contributed by atoms with Gasteiger partial charge >= 0.3 is 0 Å². The van der Waals surface area contributed by atoms with Crippen molar-refractivity contribution in [3.05, 3.63) is 34.9 Å². The van der Waals surface area contributed by atoms with Crippen LogP contribution < -0.4 is 5.73 Å². The summed E-state index contributed by atoms with van der Waals surface area (Å²) in [6.45, 7) is 9.73. The van der Waals surface area contributed by atoms with Gasteiger partial charge in [-0.05, 0) is 55.8 Å². The third-order valence-corrected chi connectivity index (χ3v) is 4.43. The SMILES string of the molecule is Cc1ccc(CN2CCCC(C)C2CN)cc1C. The third-order valence-electron chi connectivity index (χ3n) is 4.43. The lowest BCUT2D eigenvalue weighted by Gasteiger charge is -2.39. The predicted octanol–water partition coefficient (Wildman–Crippen LogP) is 2.86. The summed E-state index contributed by atoms with van der Waals surface area (Å²) >= 11 is 0. The van der Waals surface area contributed by atoms with Crippen molar-refractivity contribution in [1.82, 2.24) is 4.90 Å². The van der Waals surface area contributed by atoms with E-state index in [9.17, 15) is 0 Å². The van der Waals surface area contributed by atoms with E-state index in [1.165, 1.54) is 36.1 Å². The molecule has 0 aliphatic carbocycles. The second-order valence-electron chi connectivity index (χ2n) is 5.81. The molecule has 2 atom stereocenters. The minimum atomic E-state index is 0.556. The van der Waals surface area contributed by atoms with Crippen LogP contribution in [0.15, 0.2) is 18.2 Å². The van der Waals surface area contributed by atoms with Crippen LogP contribution in [0.1, 0.15) is 36.5 Å². The molecule has 2 N–H and O–H groups in total. The average Bonchev–Trinajstić information content (AvgIpc) is 2.34. The van der Waals surface area contributed by atoms with E-state index in [0.29, 0.717) is 6.04 Å². The van der Waals surface area contributed by atoms with E-state index in [-0.39, 0.29) is 0 Å². The van der Waals surface area contributed by atoms with Gasteiger partial charge in [0.05, 0.1) is 0 Å². The molecule has 2 rings (SSSR count). The van der Waals surface area contributed by atoms with Gasteiger partial charge < -0.3 is 5.73 Å². The van der Waals surface area contributed by atoms with Crippen LogP contribution in [-0.4, -0.2) is 24.0 Å². The summed E-state index contributed by atoms with van der Waals surface area (Å²) in [6.07, 6.45) is 2.63. The van der Waals surface area contributed by atoms with E-state index in [1.54, 1.807) is 0 Å². The van der Waals surface area contributed by atoms with Crippen molar-refractivity contribution in [3.8, 4) is 0 Å². The van der Waals surface area contributed by atoms with E-state index in [4.69, 9.17) is 5.73 Å². The lowest BCUT2D eigenvalue weighted by atomic mass is 9.90. The maximum atomic E-state index is 5.95. The molecule has 18 heavy (non-hydrogen) atoms. The van der Waals surface area contributed by atoms with Crippen molar-refractivity contribution in [2.45, 2.75) is 46.2 Å². The smallest absolute Gasteiger partial charge is 0.0247 e. The molecule has 1 aliphatic rings. The number of nitrogens with two attached hydrogens (primary N) is 1. The summed E-state index contributed by atoms with van der Waals surface area (Å²) in [5, 5.41) is 0. The Kier molecular flexibility index (Phi) is 4.41. The topological polar surface area (TPSA) is 29.3 Å². The van der Waals surface area contributed by atoms with Gasteiger partial charge in [0.1, 0.15) is 0 Å². The first-order valence-corrected chi connectivity index (χ1v) is 7.12. The number of hydrogen-bond acceptors (Lipinski definition) is 2. The van der Waals surface area contributed by atoms with E-state index < -0.39 is 0 Å². The van der Waals surface area contributed by atoms with Gasteiger partial charge in [-0.25, -0.2) is 0 Å². The summed E-state index contributed by atoms with van der Waals surface area (Å²) in [6, 6.07) is 7.37. The first kappa shape index (κ1) is 13.6. The van der Waals surface area contributed by atoms with E-state index >= 15 is 0 Å². The molecule has 0 saturated carbocycles. The zero-order valence-corrected chi connectivity index (χ0v) is 11.9. The average molecular weight is 246 g/mol. The van der Waals surface area contributed by atoms with Crippen molar-refractivity contribution in [1.29, 1.82) is 0 Å². The molecule has 1 fully saturated rings. The van der Waals surface area contributed by atoms with Crippen LogP contribution in [0.5, 0.6) is 0 Å². The Morgan fingerprint density at radius 1 is 1.28 bits per heavy atom.